The van der Waals surface area contributed by atoms with Crippen molar-refractivity contribution in [3.8, 4) is 11.5 Å². The van der Waals surface area contributed by atoms with E-state index in [0.29, 0.717) is 40.9 Å². The minimum Gasteiger partial charge on any atom is -0.456 e. The molecule has 2 aromatic heterocycles. The third-order valence-electron chi connectivity index (χ3n) is 5.92. The lowest BCUT2D eigenvalue weighted by Crippen LogP contribution is -2.26. The van der Waals surface area contributed by atoms with Crippen molar-refractivity contribution in [3.63, 3.8) is 0 Å². The Morgan fingerprint density at radius 1 is 0.925 bits per heavy atom. The fourth-order valence-electron chi connectivity index (χ4n) is 3.94. The zero-order valence-electron chi connectivity index (χ0n) is 20.9. The quantitative estimate of drug-likeness (QED) is 0.192. The maximum Gasteiger partial charge on any atom is 0.261 e. The number of nitrogens with one attached hydrogen (secondary N) is 2. The molecule has 3 aromatic carbocycles. The van der Waals surface area contributed by atoms with Gasteiger partial charge >= 0.3 is 0 Å². The van der Waals surface area contributed by atoms with Gasteiger partial charge in [0.1, 0.15) is 17.3 Å². The SMILES string of the molecule is O=C(NCCCc1nnc2ccccn12)c1cc(Cl)ccc1NS(=O)(=O)c1ccc(Oc2ccccc2Cl)cc1. The number of anilines is 1. The average Bonchev–Trinajstić information content (AvgIpc) is 3.36. The van der Waals surface area contributed by atoms with Gasteiger partial charge in [-0.1, -0.05) is 41.4 Å². The molecule has 2 heterocycles. The summed E-state index contributed by atoms with van der Waals surface area (Å²) in [6.45, 7) is 0.339. The zero-order valence-corrected chi connectivity index (χ0v) is 23.2. The number of rotatable bonds is 10. The molecule has 0 atom stereocenters. The highest BCUT2D eigenvalue weighted by atomic mass is 35.5. The summed E-state index contributed by atoms with van der Waals surface area (Å²) in [6.07, 6.45) is 3.08. The van der Waals surface area contributed by atoms with Crippen LogP contribution < -0.4 is 14.8 Å². The number of pyridine rings is 1. The fourth-order valence-corrected chi connectivity index (χ4v) is 5.37. The topological polar surface area (TPSA) is 115 Å². The third kappa shape index (κ3) is 6.36. The lowest BCUT2D eigenvalue weighted by Gasteiger charge is -2.14. The summed E-state index contributed by atoms with van der Waals surface area (Å²) in [5.74, 6) is 1.18. The summed E-state index contributed by atoms with van der Waals surface area (Å²) >= 11 is 12.3. The van der Waals surface area contributed by atoms with Gasteiger partial charge in [-0.15, -0.1) is 10.2 Å². The van der Waals surface area contributed by atoms with Crippen LogP contribution in [0.15, 0.2) is 96.0 Å². The van der Waals surface area contributed by atoms with Crippen LogP contribution in [0.5, 0.6) is 11.5 Å². The summed E-state index contributed by atoms with van der Waals surface area (Å²) in [4.78, 5) is 13.0. The Morgan fingerprint density at radius 3 is 2.50 bits per heavy atom. The first-order chi connectivity index (χ1) is 19.3. The zero-order chi connectivity index (χ0) is 28.1. The van der Waals surface area contributed by atoms with E-state index in [2.05, 4.69) is 20.2 Å². The van der Waals surface area contributed by atoms with Crippen molar-refractivity contribution in [2.24, 2.45) is 0 Å². The van der Waals surface area contributed by atoms with E-state index in [-0.39, 0.29) is 16.1 Å². The number of aryl methyl sites for hydroxylation is 1. The number of amides is 1. The predicted octanol–water partition coefficient (Wildman–Crippen LogP) is 5.99. The number of hydrogen-bond acceptors (Lipinski definition) is 6. The Balaban J connectivity index is 1.24. The molecule has 0 aliphatic heterocycles. The molecule has 0 fully saturated rings. The second-order valence-electron chi connectivity index (χ2n) is 8.70. The standard InChI is InChI=1S/C28H23Cl2N5O4S/c29-19-10-15-24(22(18-19)28(36)31-16-5-9-27-33-32-26-8-3-4-17-35(26)27)34-40(37,38)21-13-11-20(12-14-21)39-25-7-2-1-6-23(25)30/h1-4,6-8,10-15,17-18,34H,5,9,16H2,(H,31,36). The summed E-state index contributed by atoms with van der Waals surface area (Å²) in [7, 11) is -4.03. The van der Waals surface area contributed by atoms with E-state index in [1.165, 1.54) is 42.5 Å². The molecular weight excluding hydrogens is 573 g/mol. The predicted molar refractivity (Wildman–Crippen MR) is 154 cm³/mol. The van der Waals surface area contributed by atoms with Crippen molar-refractivity contribution < 1.29 is 17.9 Å². The number of fused-ring (bicyclic) bond motifs is 1. The normalized spacial score (nSPS) is 11.3. The maximum atomic E-state index is 13.1. The Kier molecular flexibility index (Phi) is 8.20. The summed E-state index contributed by atoms with van der Waals surface area (Å²) in [5.41, 5.74) is 0.949. The van der Waals surface area contributed by atoms with E-state index in [1.54, 1.807) is 24.3 Å². The molecule has 0 saturated carbocycles. The number of para-hydroxylation sites is 1. The van der Waals surface area contributed by atoms with Crippen LogP contribution >= 0.6 is 23.2 Å². The second kappa shape index (κ2) is 12.0. The van der Waals surface area contributed by atoms with Crippen LogP contribution in [0.1, 0.15) is 22.6 Å². The summed E-state index contributed by atoms with van der Waals surface area (Å²) in [5, 5.41) is 11.9. The maximum absolute atomic E-state index is 13.1. The molecule has 0 unspecified atom stereocenters. The van der Waals surface area contributed by atoms with E-state index >= 15 is 0 Å². The molecule has 0 spiro atoms. The molecule has 5 rings (SSSR count). The number of benzene rings is 3. The van der Waals surface area contributed by atoms with Crippen LogP contribution in [-0.4, -0.2) is 35.5 Å². The van der Waals surface area contributed by atoms with E-state index < -0.39 is 15.9 Å². The first kappa shape index (κ1) is 27.4. The van der Waals surface area contributed by atoms with Crippen molar-refractivity contribution >= 4 is 50.5 Å². The van der Waals surface area contributed by atoms with Gasteiger partial charge in [-0.25, -0.2) is 8.42 Å². The number of sulfonamides is 1. The van der Waals surface area contributed by atoms with Crippen LogP contribution in [0.2, 0.25) is 10.0 Å². The molecule has 0 radical (unpaired) electrons. The van der Waals surface area contributed by atoms with Gasteiger partial charge in [-0.2, -0.15) is 0 Å². The third-order valence-corrected chi connectivity index (χ3v) is 7.84. The molecule has 9 nitrogen and oxygen atoms in total. The smallest absolute Gasteiger partial charge is 0.261 e. The molecule has 5 aromatic rings. The largest absolute Gasteiger partial charge is 0.456 e. The number of aromatic nitrogens is 3. The molecule has 0 saturated heterocycles. The van der Waals surface area contributed by atoms with Gasteiger partial charge in [0.2, 0.25) is 0 Å². The van der Waals surface area contributed by atoms with Crippen LogP contribution in [0.4, 0.5) is 5.69 Å². The van der Waals surface area contributed by atoms with Gasteiger partial charge in [0.05, 0.1) is 21.2 Å². The highest BCUT2D eigenvalue weighted by Crippen LogP contribution is 2.30. The highest BCUT2D eigenvalue weighted by molar-refractivity contribution is 7.92. The molecule has 2 N–H and O–H groups in total. The van der Waals surface area contributed by atoms with Crippen molar-refractivity contribution in [3.05, 3.63) is 113 Å². The van der Waals surface area contributed by atoms with E-state index in [0.717, 1.165) is 11.5 Å². The Hall–Kier alpha value is -4.12. The molecule has 0 bridgehead atoms. The van der Waals surface area contributed by atoms with Crippen LogP contribution in [0.3, 0.4) is 0 Å². The van der Waals surface area contributed by atoms with Crippen molar-refractivity contribution in [2.75, 3.05) is 11.3 Å². The van der Waals surface area contributed by atoms with Crippen LogP contribution in [-0.2, 0) is 16.4 Å². The molecule has 204 valence electrons. The van der Waals surface area contributed by atoms with Gasteiger partial charge in [-0.05, 0) is 73.2 Å². The minimum absolute atomic E-state index is 0.0131. The van der Waals surface area contributed by atoms with Crippen molar-refractivity contribution in [2.45, 2.75) is 17.7 Å². The molecule has 0 aliphatic rings. The fraction of sp³-hybridized carbons (Fsp3) is 0.107. The van der Waals surface area contributed by atoms with Gasteiger partial charge in [0, 0.05) is 24.2 Å². The molecule has 40 heavy (non-hydrogen) atoms. The second-order valence-corrected chi connectivity index (χ2v) is 11.2. The van der Waals surface area contributed by atoms with E-state index in [9.17, 15) is 13.2 Å². The first-order valence-electron chi connectivity index (χ1n) is 12.2. The van der Waals surface area contributed by atoms with Crippen molar-refractivity contribution in [1.29, 1.82) is 0 Å². The lowest BCUT2D eigenvalue weighted by atomic mass is 10.1. The Bertz CT molecular complexity index is 1780. The number of carbonyl (C=O) groups excluding carboxylic acids is 1. The number of carbonyl (C=O) groups is 1. The Morgan fingerprint density at radius 2 is 1.70 bits per heavy atom. The minimum atomic E-state index is -4.03. The van der Waals surface area contributed by atoms with Gasteiger partial charge in [0.25, 0.3) is 15.9 Å². The van der Waals surface area contributed by atoms with Gasteiger partial charge < -0.3 is 10.1 Å². The molecule has 0 aliphatic carbocycles. The Labute approximate surface area is 240 Å². The monoisotopic (exact) mass is 595 g/mol. The van der Waals surface area contributed by atoms with Crippen LogP contribution in [0.25, 0.3) is 5.65 Å². The number of nitrogens with zero attached hydrogens (tertiary/aromatic N) is 3. The van der Waals surface area contributed by atoms with E-state index in [4.69, 9.17) is 27.9 Å². The summed E-state index contributed by atoms with van der Waals surface area (Å²) < 4.78 is 36.4. The highest BCUT2D eigenvalue weighted by Gasteiger charge is 2.20. The number of ether oxygens (including phenoxy) is 1. The van der Waals surface area contributed by atoms with Gasteiger partial charge in [0.15, 0.2) is 5.65 Å². The summed E-state index contributed by atoms with van der Waals surface area (Å²) in [6, 6.07) is 22.8. The van der Waals surface area contributed by atoms with Crippen molar-refractivity contribution in [1.82, 2.24) is 19.9 Å². The number of halogens is 2. The molecular formula is C28H23Cl2N5O4S. The average molecular weight is 596 g/mol. The number of hydrogen-bond donors (Lipinski definition) is 2. The first-order valence-corrected chi connectivity index (χ1v) is 14.5. The lowest BCUT2D eigenvalue weighted by molar-refractivity contribution is 0.0954. The van der Waals surface area contributed by atoms with Gasteiger partial charge in [-0.3, -0.25) is 13.9 Å². The van der Waals surface area contributed by atoms with E-state index in [1.807, 2.05) is 28.8 Å². The molecule has 1 amide bonds. The van der Waals surface area contributed by atoms with Crippen LogP contribution in [0, 0.1) is 0 Å². The molecule has 12 heteroatoms.